The van der Waals surface area contributed by atoms with Crippen LogP contribution in [0.2, 0.25) is 0 Å². The fourth-order valence-electron chi connectivity index (χ4n) is 2.25. The zero-order chi connectivity index (χ0) is 9.59. The van der Waals surface area contributed by atoms with E-state index in [9.17, 15) is 4.79 Å². The molecule has 1 aromatic rings. The van der Waals surface area contributed by atoms with Crippen molar-refractivity contribution in [1.29, 1.82) is 0 Å². The van der Waals surface area contributed by atoms with E-state index in [0.717, 1.165) is 30.5 Å². The lowest BCUT2D eigenvalue weighted by Crippen LogP contribution is -2.07. The molecule has 0 radical (unpaired) electrons. The lowest BCUT2D eigenvalue weighted by Gasteiger charge is -2.02. The minimum atomic E-state index is -0.797. The lowest BCUT2D eigenvalue weighted by atomic mass is 10.1. The van der Waals surface area contributed by atoms with Crippen LogP contribution in [0.1, 0.15) is 33.7 Å². The summed E-state index contributed by atoms with van der Waals surface area (Å²) in [5.41, 5.74) is 3.93. The molecule has 0 amide bonds. The van der Waals surface area contributed by atoms with Gasteiger partial charge in [-0.2, -0.15) is 0 Å². The van der Waals surface area contributed by atoms with E-state index in [1.54, 1.807) is 4.57 Å². The molecule has 0 spiro atoms. The number of aromatic carboxylic acids is 1. The van der Waals surface area contributed by atoms with E-state index >= 15 is 0 Å². The van der Waals surface area contributed by atoms with Gasteiger partial charge in [0.1, 0.15) is 5.69 Å². The van der Waals surface area contributed by atoms with Crippen LogP contribution in [0.25, 0.3) is 0 Å². The first-order chi connectivity index (χ1) is 6.13. The molecule has 0 saturated carbocycles. The highest BCUT2D eigenvalue weighted by atomic mass is 16.4. The van der Waals surface area contributed by atoms with E-state index in [0.29, 0.717) is 5.69 Å². The number of nitrogens with zero attached hydrogens (tertiary/aromatic N) is 1. The molecule has 0 fully saturated rings. The number of rotatable bonds is 1. The number of hydrogen-bond donors (Lipinski definition) is 1. The lowest BCUT2D eigenvalue weighted by molar-refractivity contribution is 0.0685. The molecule has 2 rings (SSSR count). The second kappa shape index (κ2) is 2.62. The Morgan fingerprint density at radius 2 is 2.00 bits per heavy atom. The maximum Gasteiger partial charge on any atom is 0.352 e. The summed E-state index contributed by atoms with van der Waals surface area (Å²) in [6.07, 6.45) is 3.08. The molecule has 3 heteroatoms. The van der Waals surface area contributed by atoms with E-state index in [-0.39, 0.29) is 0 Å². The first-order valence-electron chi connectivity index (χ1n) is 4.53. The number of hydrogen-bond acceptors (Lipinski definition) is 1. The summed E-state index contributed by atoms with van der Waals surface area (Å²) in [5, 5.41) is 9.02. The molecule has 1 aliphatic carbocycles. The Morgan fingerprint density at radius 3 is 2.62 bits per heavy atom. The molecule has 0 aromatic carbocycles. The molecule has 1 aromatic heterocycles. The van der Waals surface area contributed by atoms with Crippen LogP contribution in [-0.2, 0) is 19.9 Å². The maximum absolute atomic E-state index is 11.0. The molecule has 0 atom stereocenters. The molecular formula is C10H13NO2. The quantitative estimate of drug-likeness (QED) is 0.710. The molecule has 3 nitrogen and oxygen atoms in total. The summed E-state index contributed by atoms with van der Waals surface area (Å²) in [5.74, 6) is -0.797. The molecule has 1 heterocycles. The minimum absolute atomic E-state index is 0.491. The average molecular weight is 179 g/mol. The Labute approximate surface area is 77.0 Å². The van der Waals surface area contributed by atoms with Gasteiger partial charge in [0, 0.05) is 12.7 Å². The Morgan fingerprint density at radius 1 is 1.38 bits per heavy atom. The number of carbonyl (C=O) groups is 1. The van der Waals surface area contributed by atoms with Gasteiger partial charge in [-0.3, -0.25) is 0 Å². The SMILES string of the molecule is Cc1c2c(c(C(=O)O)n1C)CCC2. The largest absolute Gasteiger partial charge is 0.477 e. The number of aromatic nitrogens is 1. The normalized spacial score (nSPS) is 14.6. The third-order valence-corrected chi connectivity index (χ3v) is 2.98. The molecule has 70 valence electrons. The van der Waals surface area contributed by atoms with Crippen molar-refractivity contribution < 1.29 is 9.90 Å². The summed E-state index contributed by atoms with van der Waals surface area (Å²) in [6, 6.07) is 0. The van der Waals surface area contributed by atoms with E-state index in [1.165, 1.54) is 5.56 Å². The standard InChI is InChI=1S/C10H13NO2/c1-6-7-4-3-5-8(7)9(10(12)13)11(6)2/h3-5H2,1-2H3,(H,12,13). The summed E-state index contributed by atoms with van der Waals surface area (Å²) < 4.78 is 1.80. The van der Waals surface area contributed by atoms with E-state index in [2.05, 4.69) is 0 Å². The molecule has 0 unspecified atom stereocenters. The van der Waals surface area contributed by atoms with Crippen molar-refractivity contribution >= 4 is 5.97 Å². The second-order valence-corrected chi connectivity index (χ2v) is 3.61. The van der Waals surface area contributed by atoms with Crippen LogP contribution in [0.5, 0.6) is 0 Å². The highest BCUT2D eigenvalue weighted by Crippen LogP contribution is 2.30. The molecular weight excluding hydrogens is 166 g/mol. The smallest absolute Gasteiger partial charge is 0.352 e. The zero-order valence-electron chi connectivity index (χ0n) is 7.92. The summed E-state index contributed by atoms with van der Waals surface area (Å²) in [4.78, 5) is 11.0. The van der Waals surface area contributed by atoms with Crippen LogP contribution in [0.4, 0.5) is 0 Å². The Hall–Kier alpha value is -1.25. The first-order valence-corrected chi connectivity index (χ1v) is 4.53. The predicted octanol–water partition coefficient (Wildman–Crippen LogP) is 1.52. The van der Waals surface area contributed by atoms with Gasteiger partial charge in [0.2, 0.25) is 0 Å². The van der Waals surface area contributed by atoms with Gasteiger partial charge in [0.05, 0.1) is 0 Å². The fraction of sp³-hybridized carbons (Fsp3) is 0.500. The zero-order valence-corrected chi connectivity index (χ0v) is 7.92. The van der Waals surface area contributed by atoms with Crippen molar-refractivity contribution in [1.82, 2.24) is 4.57 Å². The van der Waals surface area contributed by atoms with Crippen LogP contribution in [0, 0.1) is 6.92 Å². The molecule has 0 aliphatic heterocycles. The molecule has 0 saturated heterocycles. The predicted molar refractivity (Wildman–Crippen MR) is 49.1 cm³/mol. The summed E-state index contributed by atoms with van der Waals surface area (Å²) in [7, 11) is 1.83. The van der Waals surface area contributed by atoms with Gasteiger partial charge in [-0.05, 0) is 37.3 Å². The van der Waals surface area contributed by atoms with Crippen molar-refractivity contribution in [2.45, 2.75) is 26.2 Å². The third-order valence-electron chi connectivity index (χ3n) is 2.98. The van der Waals surface area contributed by atoms with E-state index < -0.39 is 5.97 Å². The molecule has 1 N–H and O–H groups in total. The number of fused-ring (bicyclic) bond motifs is 1. The third kappa shape index (κ3) is 0.996. The van der Waals surface area contributed by atoms with Gasteiger partial charge < -0.3 is 9.67 Å². The second-order valence-electron chi connectivity index (χ2n) is 3.61. The van der Waals surface area contributed by atoms with Gasteiger partial charge in [-0.15, -0.1) is 0 Å². The molecule has 13 heavy (non-hydrogen) atoms. The van der Waals surface area contributed by atoms with Gasteiger partial charge in [-0.1, -0.05) is 0 Å². The van der Waals surface area contributed by atoms with Crippen molar-refractivity contribution in [3.63, 3.8) is 0 Å². The van der Waals surface area contributed by atoms with Crippen LogP contribution >= 0.6 is 0 Å². The van der Waals surface area contributed by atoms with Crippen LogP contribution in [-0.4, -0.2) is 15.6 Å². The maximum atomic E-state index is 11.0. The number of carboxylic acid groups (broad SMARTS) is 1. The fourth-order valence-corrected chi connectivity index (χ4v) is 2.25. The van der Waals surface area contributed by atoms with Crippen molar-refractivity contribution in [3.05, 3.63) is 22.5 Å². The molecule has 1 aliphatic rings. The van der Waals surface area contributed by atoms with E-state index in [1.807, 2.05) is 14.0 Å². The van der Waals surface area contributed by atoms with E-state index in [4.69, 9.17) is 5.11 Å². The highest BCUT2D eigenvalue weighted by molar-refractivity contribution is 5.89. The van der Waals surface area contributed by atoms with Gasteiger partial charge in [-0.25, -0.2) is 4.79 Å². The highest BCUT2D eigenvalue weighted by Gasteiger charge is 2.25. The Bertz CT molecular complexity index is 377. The monoisotopic (exact) mass is 179 g/mol. The van der Waals surface area contributed by atoms with Crippen LogP contribution < -0.4 is 0 Å². The van der Waals surface area contributed by atoms with Crippen molar-refractivity contribution in [3.8, 4) is 0 Å². The topological polar surface area (TPSA) is 42.2 Å². The average Bonchev–Trinajstić information content (AvgIpc) is 2.57. The van der Waals surface area contributed by atoms with Crippen molar-refractivity contribution in [2.24, 2.45) is 7.05 Å². The van der Waals surface area contributed by atoms with Gasteiger partial charge >= 0.3 is 5.97 Å². The Balaban J connectivity index is 2.68. The van der Waals surface area contributed by atoms with Crippen LogP contribution in [0.3, 0.4) is 0 Å². The minimum Gasteiger partial charge on any atom is -0.477 e. The first kappa shape index (κ1) is 8.35. The summed E-state index contributed by atoms with van der Waals surface area (Å²) in [6.45, 7) is 2.00. The molecule has 0 bridgehead atoms. The number of carboxylic acids is 1. The Kier molecular flexibility index (Phi) is 1.68. The van der Waals surface area contributed by atoms with Crippen molar-refractivity contribution in [2.75, 3.05) is 0 Å². The summed E-state index contributed by atoms with van der Waals surface area (Å²) >= 11 is 0. The van der Waals surface area contributed by atoms with Gasteiger partial charge in [0.25, 0.3) is 0 Å². The van der Waals surface area contributed by atoms with Crippen LogP contribution in [0.15, 0.2) is 0 Å². The van der Waals surface area contributed by atoms with Gasteiger partial charge in [0.15, 0.2) is 0 Å².